The quantitative estimate of drug-likeness (QED) is 0.661. The van der Waals surface area contributed by atoms with Gasteiger partial charge in [-0.3, -0.25) is 4.79 Å². The van der Waals surface area contributed by atoms with E-state index in [1.165, 1.54) is 12.1 Å². The molecule has 1 heterocycles. The van der Waals surface area contributed by atoms with E-state index >= 15 is 0 Å². The van der Waals surface area contributed by atoms with Gasteiger partial charge in [0.2, 0.25) is 15.9 Å². The first-order valence-electron chi connectivity index (χ1n) is 7.34. The lowest BCUT2D eigenvalue weighted by Gasteiger charge is -2.23. The molecule has 0 bridgehead atoms. The first kappa shape index (κ1) is 21.5. The van der Waals surface area contributed by atoms with E-state index in [1.807, 2.05) is 0 Å². The molecule has 0 spiro atoms. The van der Waals surface area contributed by atoms with Crippen LogP contribution in [0.5, 0.6) is 0 Å². The molecule has 6 nitrogen and oxygen atoms in total. The van der Waals surface area contributed by atoms with Gasteiger partial charge in [-0.1, -0.05) is 29.3 Å². The highest BCUT2D eigenvalue weighted by Crippen LogP contribution is 2.28. The number of carbonyl (C=O) groups is 1. The summed E-state index contributed by atoms with van der Waals surface area (Å²) >= 11 is 11.8. The van der Waals surface area contributed by atoms with Crippen LogP contribution in [0.15, 0.2) is 23.1 Å². The molecule has 1 aliphatic rings. The molecular weight excluding hydrogens is 397 g/mol. The molecule has 1 aromatic rings. The summed E-state index contributed by atoms with van der Waals surface area (Å²) in [6, 6.07) is 4.57. The number of piperidine rings is 1. The molecule has 1 aromatic carbocycles. The molecule has 136 valence electrons. The standard InChI is InChI=1S/C14H19Cl2N3O3S.ClH/c15-11-4-1-5-12(16)14(11)23(21,22)18-8-6-13(20)19-10-3-2-7-17-9-10;/h1,4-5,10,17-18H,2-3,6-9H2,(H,19,20);1H/t10-;/m0./s1. The van der Waals surface area contributed by atoms with Crippen LogP contribution >= 0.6 is 35.6 Å². The molecule has 10 heteroatoms. The zero-order valence-corrected chi connectivity index (χ0v) is 16.0. The molecule has 0 aliphatic carbocycles. The highest BCUT2D eigenvalue weighted by atomic mass is 35.5. The zero-order valence-electron chi connectivity index (χ0n) is 12.8. The summed E-state index contributed by atoms with van der Waals surface area (Å²) in [5, 5.41) is 6.17. The Kier molecular flexibility index (Phi) is 8.76. The Hall–Kier alpha value is -0.570. The van der Waals surface area contributed by atoms with Gasteiger partial charge in [0.05, 0.1) is 10.0 Å². The first-order valence-corrected chi connectivity index (χ1v) is 9.58. The summed E-state index contributed by atoms with van der Waals surface area (Å²) < 4.78 is 26.8. The normalized spacial score (nSPS) is 17.8. The first-order chi connectivity index (χ1) is 10.9. The predicted molar refractivity (Wildman–Crippen MR) is 97.5 cm³/mol. The molecule has 0 saturated carbocycles. The van der Waals surface area contributed by atoms with Crippen molar-refractivity contribution in [2.45, 2.75) is 30.2 Å². The van der Waals surface area contributed by atoms with Gasteiger partial charge in [-0.15, -0.1) is 12.4 Å². The summed E-state index contributed by atoms with van der Waals surface area (Å²) in [4.78, 5) is 11.7. The predicted octanol–water partition coefficient (Wildman–Crippen LogP) is 1.95. The van der Waals surface area contributed by atoms with Crippen molar-refractivity contribution in [3.63, 3.8) is 0 Å². The second-order valence-electron chi connectivity index (χ2n) is 5.31. The van der Waals surface area contributed by atoms with Crippen LogP contribution in [-0.4, -0.2) is 40.0 Å². The van der Waals surface area contributed by atoms with Crippen LogP contribution in [-0.2, 0) is 14.8 Å². The number of nitrogens with one attached hydrogen (secondary N) is 3. The van der Waals surface area contributed by atoms with Crippen molar-refractivity contribution in [1.29, 1.82) is 0 Å². The van der Waals surface area contributed by atoms with Crippen molar-refractivity contribution in [3.8, 4) is 0 Å². The Bertz CT molecular complexity index is 644. The Morgan fingerprint density at radius 3 is 2.54 bits per heavy atom. The van der Waals surface area contributed by atoms with Crippen molar-refractivity contribution in [2.24, 2.45) is 0 Å². The molecule has 3 N–H and O–H groups in total. The zero-order chi connectivity index (χ0) is 16.9. The van der Waals surface area contributed by atoms with Gasteiger partial charge in [0.1, 0.15) is 4.90 Å². The van der Waals surface area contributed by atoms with E-state index in [0.717, 1.165) is 25.9 Å². The van der Waals surface area contributed by atoms with E-state index in [-0.39, 0.29) is 52.3 Å². The third-order valence-electron chi connectivity index (χ3n) is 3.49. The third-order valence-corrected chi connectivity index (χ3v) is 5.91. The largest absolute Gasteiger partial charge is 0.352 e. The minimum absolute atomic E-state index is 0. The maximum absolute atomic E-state index is 12.2. The van der Waals surface area contributed by atoms with Gasteiger partial charge in [-0.05, 0) is 31.5 Å². The topological polar surface area (TPSA) is 87.3 Å². The van der Waals surface area contributed by atoms with Crippen LogP contribution in [0.1, 0.15) is 19.3 Å². The van der Waals surface area contributed by atoms with Crippen LogP contribution in [0.4, 0.5) is 0 Å². The highest BCUT2D eigenvalue weighted by molar-refractivity contribution is 7.89. The van der Waals surface area contributed by atoms with E-state index in [1.54, 1.807) is 6.07 Å². The number of halogens is 3. The van der Waals surface area contributed by atoms with E-state index < -0.39 is 10.0 Å². The number of hydrogen-bond acceptors (Lipinski definition) is 4. The molecule has 2 rings (SSSR count). The Morgan fingerprint density at radius 1 is 1.29 bits per heavy atom. The second-order valence-corrected chi connectivity index (χ2v) is 7.83. The Morgan fingerprint density at radius 2 is 1.96 bits per heavy atom. The summed E-state index contributed by atoms with van der Waals surface area (Å²) in [5.41, 5.74) is 0. The average molecular weight is 417 g/mol. The number of sulfonamides is 1. The summed E-state index contributed by atoms with van der Waals surface area (Å²) in [5.74, 6) is -0.188. The van der Waals surface area contributed by atoms with Crippen molar-refractivity contribution < 1.29 is 13.2 Å². The summed E-state index contributed by atoms with van der Waals surface area (Å²) in [7, 11) is -3.86. The minimum Gasteiger partial charge on any atom is -0.352 e. The van der Waals surface area contributed by atoms with Crippen LogP contribution in [0.25, 0.3) is 0 Å². The van der Waals surface area contributed by atoms with E-state index in [9.17, 15) is 13.2 Å². The lowest BCUT2D eigenvalue weighted by atomic mass is 10.1. The van der Waals surface area contributed by atoms with Crippen molar-refractivity contribution >= 4 is 51.5 Å². The maximum Gasteiger partial charge on any atom is 0.243 e. The smallest absolute Gasteiger partial charge is 0.243 e. The molecule has 1 amide bonds. The molecule has 0 unspecified atom stereocenters. The molecule has 1 fully saturated rings. The van der Waals surface area contributed by atoms with E-state index in [0.29, 0.717) is 0 Å². The summed E-state index contributed by atoms with van der Waals surface area (Å²) in [6.07, 6.45) is 2.00. The lowest BCUT2D eigenvalue weighted by Crippen LogP contribution is -2.46. The van der Waals surface area contributed by atoms with Gasteiger partial charge >= 0.3 is 0 Å². The van der Waals surface area contributed by atoms with Gasteiger partial charge in [-0.25, -0.2) is 13.1 Å². The third kappa shape index (κ3) is 6.06. The van der Waals surface area contributed by atoms with Crippen LogP contribution in [0.3, 0.4) is 0 Å². The highest BCUT2D eigenvalue weighted by Gasteiger charge is 2.21. The average Bonchev–Trinajstić information content (AvgIpc) is 2.47. The monoisotopic (exact) mass is 415 g/mol. The van der Waals surface area contributed by atoms with Crippen LogP contribution in [0, 0.1) is 0 Å². The van der Waals surface area contributed by atoms with E-state index in [2.05, 4.69) is 15.4 Å². The van der Waals surface area contributed by atoms with Gasteiger partial charge in [0.25, 0.3) is 0 Å². The van der Waals surface area contributed by atoms with Gasteiger partial charge in [0.15, 0.2) is 0 Å². The number of carbonyl (C=O) groups excluding carboxylic acids is 1. The SMILES string of the molecule is Cl.O=C(CCNS(=O)(=O)c1c(Cl)cccc1Cl)N[C@H]1CCCNC1. The molecule has 1 aliphatic heterocycles. The fourth-order valence-electron chi connectivity index (χ4n) is 2.39. The molecule has 0 radical (unpaired) electrons. The minimum atomic E-state index is -3.86. The summed E-state index contributed by atoms with van der Waals surface area (Å²) in [6.45, 7) is 1.69. The molecular formula is C14H20Cl3N3O3S. The number of benzene rings is 1. The van der Waals surface area contributed by atoms with Crippen molar-refractivity contribution in [3.05, 3.63) is 28.2 Å². The number of hydrogen-bond donors (Lipinski definition) is 3. The maximum atomic E-state index is 12.2. The van der Waals surface area contributed by atoms with Crippen molar-refractivity contribution in [2.75, 3.05) is 19.6 Å². The van der Waals surface area contributed by atoms with Gasteiger partial charge in [-0.2, -0.15) is 0 Å². The molecule has 0 aromatic heterocycles. The fourth-order valence-corrected chi connectivity index (χ4v) is 4.56. The number of amides is 1. The molecule has 1 atom stereocenters. The van der Waals surface area contributed by atoms with Gasteiger partial charge in [0, 0.05) is 25.6 Å². The van der Waals surface area contributed by atoms with Gasteiger partial charge < -0.3 is 10.6 Å². The van der Waals surface area contributed by atoms with Crippen molar-refractivity contribution in [1.82, 2.24) is 15.4 Å². The molecule has 24 heavy (non-hydrogen) atoms. The fraction of sp³-hybridized carbons (Fsp3) is 0.500. The Labute approximate surface area is 158 Å². The van der Waals surface area contributed by atoms with E-state index in [4.69, 9.17) is 23.2 Å². The Balaban J connectivity index is 0.00000288. The lowest BCUT2D eigenvalue weighted by molar-refractivity contribution is -0.121. The second kappa shape index (κ2) is 9.79. The van der Waals surface area contributed by atoms with Crippen LogP contribution < -0.4 is 15.4 Å². The molecule has 1 saturated heterocycles. The number of rotatable bonds is 6. The van der Waals surface area contributed by atoms with Crippen LogP contribution in [0.2, 0.25) is 10.0 Å².